The van der Waals surface area contributed by atoms with Gasteiger partial charge in [0.25, 0.3) is 0 Å². The van der Waals surface area contributed by atoms with Crippen LogP contribution in [0.15, 0.2) is 12.1 Å². The maximum atomic E-state index is 12.2. The van der Waals surface area contributed by atoms with Gasteiger partial charge in [-0.3, -0.25) is 9.59 Å². The van der Waals surface area contributed by atoms with E-state index in [0.29, 0.717) is 35.3 Å². The molecule has 1 aromatic carbocycles. The molecule has 24 heavy (non-hydrogen) atoms. The van der Waals surface area contributed by atoms with Crippen molar-refractivity contribution in [2.24, 2.45) is 0 Å². The molecule has 8 heteroatoms. The number of hydrogen-bond donors (Lipinski definition) is 1. The predicted octanol–water partition coefficient (Wildman–Crippen LogP) is 1.46. The summed E-state index contributed by atoms with van der Waals surface area (Å²) in [5.74, 6) is 0.237. The van der Waals surface area contributed by atoms with E-state index in [4.69, 9.17) is 21.1 Å². The molecule has 1 aliphatic rings. The van der Waals surface area contributed by atoms with Crippen LogP contribution in [0.1, 0.15) is 6.42 Å². The summed E-state index contributed by atoms with van der Waals surface area (Å²) in [7, 11) is 4.97. The fraction of sp³-hybridized carbons (Fsp3) is 0.500. The quantitative estimate of drug-likeness (QED) is 0.810. The Morgan fingerprint density at radius 3 is 2.33 bits per heavy atom. The molecule has 132 valence electrons. The van der Waals surface area contributed by atoms with Gasteiger partial charge in [-0.25, -0.2) is 0 Å². The van der Waals surface area contributed by atoms with Gasteiger partial charge in [0, 0.05) is 38.3 Å². The summed E-state index contributed by atoms with van der Waals surface area (Å²) in [6, 6.07) is 3.12. The van der Waals surface area contributed by atoms with E-state index in [1.807, 2.05) is 7.05 Å². The number of nitrogens with zero attached hydrogens (tertiary/aromatic N) is 2. The lowest BCUT2D eigenvalue weighted by Gasteiger charge is -2.32. The highest BCUT2D eigenvalue weighted by Crippen LogP contribution is 2.35. The number of anilines is 1. The van der Waals surface area contributed by atoms with Crippen molar-refractivity contribution < 1.29 is 19.1 Å². The Morgan fingerprint density at radius 1 is 1.12 bits per heavy atom. The Kier molecular flexibility index (Phi) is 6.28. The van der Waals surface area contributed by atoms with Crippen LogP contribution in [0, 0.1) is 0 Å². The second-order valence-electron chi connectivity index (χ2n) is 5.60. The maximum Gasteiger partial charge on any atom is 0.233 e. The zero-order valence-electron chi connectivity index (χ0n) is 14.1. The topological polar surface area (TPSA) is 71.1 Å². The molecule has 1 heterocycles. The van der Waals surface area contributed by atoms with E-state index in [-0.39, 0.29) is 12.3 Å². The van der Waals surface area contributed by atoms with Gasteiger partial charge in [0.15, 0.2) is 0 Å². The van der Waals surface area contributed by atoms with Crippen LogP contribution in [-0.4, -0.2) is 69.1 Å². The van der Waals surface area contributed by atoms with Crippen LogP contribution in [-0.2, 0) is 9.59 Å². The monoisotopic (exact) mass is 355 g/mol. The molecule has 0 unspecified atom stereocenters. The number of carbonyl (C=O) groups is 2. The van der Waals surface area contributed by atoms with Crippen molar-refractivity contribution in [2.45, 2.75) is 6.42 Å². The first-order chi connectivity index (χ1) is 11.4. The van der Waals surface area contributed by atoms with Crippen molar-refractivity contribution in [1.82, 2.24) is 9.80 Å². The summed E-state index contributed by atoms with van der Waals surface area (Å²) in [5, 5.41) is 3.06. The summed E-state index contributed by atoms with van der Waals surface area (Å²) in [6.07, 6.45) is -0.211. The minimum absolute atomic E-state index is 0.180. The van der Waals surface area contributed by atoms with Crippen LogP contribution in [0.2, 0.25) is 5.02 Å². The SMILES string of the molecule is COc1cc(NC(=O)CC(=O)N2CCN(C)CC2)c(OC)cc1Cl. The fourth-order valence-electron chi connectivity index (χ4n) is 2.46. The lowest BCUT2D eigenvalue weighted by Crippen LogP contribution is -2.47. The maximum absolute atomic E-state index is 12.2. The van der Waals surface area contributed by atoms with Crippen LogP contribution >= 0.6 is 11.6 Å². The van der Waals surface area contributed by atoms with Crippen LogP contribution < -0.4 is 14.8 Å². The van der Waals surface area contributed by atoms with Crippen molar-refractivity contribution in [3.8, 4) is 11.5 Å². The molecule has 2 rings (SSSR count). The smallest absolute Gasteiger partial charge is 0.233 e. The number of ether oxygens (including phenoxy) is 2. The van der Waals surface area contributed by atoms with Crippen molar-refractivity contribution in [1.29, 1.82) is 0 Å². The number of rotatable bonds is 5. The van der Waals surface area contributed by atoms with Gasteiger partial charge in [0.1, 0.15) is 17.9 Å². The van der Waals surface area contributed by atoms with Gasteiger partial charge in [0.05, 0.1) is 24.9 Å². The third-order valence-corrected chi connectivity index (χ3v) is 4.21. The molecule has 0 bridgehead atoms. The predicted molar refractivity (Wildman–Crippen MR) is 91.9 cm³/mol. The second kappa shape index (κ2) is 8.21. The van der Waals surface area contributed by atoms with Crippen LogP contribution in [0.3, 0.4) is 0 Å². The van der Waals surface area contributed by atoms with Crippen molar-refractivity contribution in [3.63, 3.8) is 0 Å². The Hall–Kier alpha value is -1.99. The van der Waals surface area contributed by atoms with E-state index in [2.05, 4.69) is 10.2 Å². The molecule has 1 fully saturated rings. The zero-order chi connectivity index (χ0) is 17.7. The Balaban J connectivity index is 2.00. The first-order valence-electron chi connectivity index (χ1n) is 7.62. The van der Waals surface area contributed by atoms with Crippen molar-refractivity contribution in [2.75, 3.05) is 52.8 Å². The number of hydrogen-bond acceptors (Lipinski definition) is 5. The van der Waals surface area contributed by atoms with E-state index in [0.717, 1.165) is 13.1 Å². The molecule has 0 atom stereocenters. The molecule has 0 radical (unpaired) electrons. The number of piperazine rings is 1. The normalized spacial score (nSPS) is 15.1. The van der Waals surface area contributed by atoms with E-state index in [9.17, 15) is 9.59 Å². The average Bonchev–Trinajstić information content (AvgIpc) is 2.56. The summed E-state index contributed by atoms with van der Waals surface area (Å²) < 4.78 is 10.3. The van der Waals surface area contributed by atoms with E-state index in [1.165, 1.54) is 14.2 Å². The number of carbonyl (C=O) groups excluding carboxylic acids is 2. The van der Waals surface area contributed by atoms with Crippen LogP contribution in [0.5, 0.6) is 11.5 Å². The molecule has 7 nitrogen and oxygen atoms in total. The highest BCUT2D eigenvalue weighted by Gasteiger charge is 2.22. The largest absolute Gasteiger partial charge is 0.495 e. The molecular weight excluding hydrogens is 334 g/mol. The third-order valence-electron chi connectivity index (χ3n) is 3.92. The summed E-state index contributed by atoms with van der Waals surface area (Å²) in [6.45, 7) is 2.91. The number of benzene rings is 1. The Morgan fingerprint density at radius 2 is 1.75 bits per heavy atom. The Labute approximate surface area is 146 Å². The molecule has 1 saturated heterocycles. The standard InChI is InChI=1S/C16H22ClN3O4/c1-19-4-6-20(7-5-19)16(22)10-15(21)18-12-9-13(23-2)11(17)8-14(12)24-3/h8-9H,4-7,10H2,1-3H3,(H,18,21). The van der Waals surface area contributed by atoms with Gasteiger partial charge in [0.2, 0.25) is 11.8 Å². The van der Waals surface area contributed by atoms with Crippen LogP contribution in [0.25, 0.3) is 0 Å². The lowest BCUT2D eigenvalue weighted by molar-refractivity contribution is -0.135. The molecule has 2 amide bonds. The molecule has 1 N–H and O–H groups in total. The summed E-state index contributed by atoms with van der Waals surface area (Å²) in [5.41, 5.74) is 0.412. The van der Waals surface area contributed by atoms with Crippen LogP contribution in [0.4, 0.5) is 5.69 Å². The van der Waals surface area contributed by atoms with Gasteiger partial charge < -0.3 is 24.6 Å². The molecule has 0 aromatic heterocycles. The number of likely N-dealkylation sites (N-methyl/N-ethyl adjacent to an activating group) is 1. The average molecular weight is 356 g/mol. The molecule has 1 aliphatic heterocycles. The van der Waals surface area contributed by atoms with E-state index >= 15 is 0 Å². The zero-order valence-corrected chi connectivity index (χ0v) is 14.9. The third kappa shape index (κ3) is 4.52. The molecule has 0 aliphatic carbocycles. The first-order valence-corrected chi connectivity index (χ1v) is 8.00. The van der Waals surface area contributed by atoms with E-state index < -0.39 is 5.91 Å². The number of halogens is 1. The van der Waals surface area contributed by atoms with Gasteiger partial charge in [-0.1, -0.05) is 11.6 Å². The van der Waals surface area contributed by atoms with Gasteiger partial charge >= 0.3 is 0 Å². The highest BCUT2D eigenvalue weighted by molar-refractivity contribution is 6.32. The van der Waals surface area contributed by atoms with Gasteiger partial charge in [-0.15, -0.1) is 0 Å². The molecule has 0 spiro atoms. The minimum atomic E-state index is -0.401. The van der Waals surface area contributed by atoms with Crippen molar-refractivity contribution in [3.05, 3.63) is 17.2 Å². The van der Waals surface area contributed by atoms with Gasteiger partial charge in [-0.05, 0) is 7.05 Å². The molecule has 0 saturated carbocycles. The van der Waals surface area contributed by atoms with Crippen molar-refractivity contribution >= 4 is 29.1 Å². The number of methoxy groups -OCH3 is 2. The Bertz CT molecular complexity index is 616. The summed E-state index contributed by atoms with van der Waals surface area (Å²) >= 11 is 6.03. The van der Waals surface area contributed by atoms with E-state index in [1.54, 1.807) is 17.0 Å². The summed E-state index contributed by atoms with van der Waals surface area (Å²) in [4.78, 5) is 28.2. The first kappa shape index (κ1) is 18.4. The number of nitrogens with one attached hydrogen (secondary N) is 1. The minimum Gasteiger partial charge on any atom is -0.495 e. The second-order valence-corrected chi connectivity index (χ2v) is 6.00. The van der Waals surface area contributed by atoms with Gasteiger partial charge in [-0.2, -0.15) is 0 Å². The molecular formula is C16H22ClN3O4. The molecule has 1 aromatic rings. The number of amides is 2. The highest BCUT2D eigenvalue weighted by atomic mass is 35.5. The fourth-order valence-corrected chi connectivity index (χ4v) is 2.69. The lowest BCUT2D eigenvalue weighted by atomic mass is 10.2.